The molecule has 0 aromatic rings. The fourth-order valence-electron chi connectivity index (χ4n) is 2.16. The van der Waals surface area contributed by atoms with Gasteiger partial charge in [0.1, 0.15) is 0 Å². The van der Waals surface area contributed by atoms with Crippen LogP contribution >= 0.6 is 9.48 Å². The molecule has 0 saturated heterocycles. The van der Waals surface area contributed by atoms with Crippen molar-refractivity contribution < 1.29 is 4.43 Å². The zero-order chi connectivity index (χ0) is 13.2. The minimum atomic E-state index is -1.54. The van der Waals surface area contributed by atoms with Gasteiger partial charge in [0.2, 0.25) is 0 Å². The van der Waals surface area contributed by atoms with E-state index in [0.717, 1.165) is 6.42 Å². The summed E-state index contributed by atoms with van der Waals surface area (Å²) in [7, 11) is 1.68. The largest absolute Gasteiger partial charge is 0.413 e. The van der Waals surface area contributed by atoms with E-state index in [9.17, 15) is 0 Å². The van der Waals surface area contributed by atoms with Crippen LogP contribution in [0.3, 0.4) is 0 Å². The maximum atomic E-state index is 6.46. The van der Waals surface area contributed by atoms with E-state index in [1.165, 1.54) is 5.38 Å². The first kappa shape index (κ1) is 16.7. The Morgan fingerprint density at radius 1 is 1.25 bits per heavy atom. The van der Waals surface area contributed by atoms with Crippen LogP contribution in [-0.2, 0) is 4.43 Å². The molecule has 0 aromatic heterocycles. The quantitative estimate of drug-likeness (QED) is 0.696. The first-order valence-electron chi connectivity index (χ1n) is 6.01. The SMILES string of the molecule is CCC(O[Si](C)(C)CS(C)(C)[Si])C(C)(C)C. The van der Waals surface area contributed by atoms with Crippen LogP contribution in [0.2, 0.25) is 13.1 Å². The van der Waals surface area contributed by atoms with Gasteiger partial charge in [0.05, 0.1) is 9.39 Å². The number of rotatable bonds is 5. The van der Waals surface area contributed by atoms with Crippen molar-refractivity contribution in [1.82, 2.24) is 0 Å². The Hall–Kier alpha value is 0.744. The second kappa shape index (κ2) is 5.59. The standard InChI is InChI=1S/C12H29OSSi2/c1-9-11(12(2,3)4)13-16(7,8)10-14(5,6)15/h11H,9-10H2,1-8H3. The highest BCUT2D eigenvalue weighted by atomic mass is 32.4. The van der Waals surface area contributed by atoms with Gasteiger partial charge in [-0.15, -0.1) is 0 Å². The van der Waals surface area contributed by atoms with E-state index in [4.69, 9.17) is 4.43 Å². The third-order valence-corrected chi connectivity index (χ3v) is 10.4. The van der Waals surface area contributed by atoms with E-state index in [1.807, 2.05) is 0 Å². The maximum absolute atomic E-state index is 6.46. The molecule has 16 heavy (non-hydrogen) atoms. The van der Waals surface area contributed by atoms with Crippen LogP contribution in [0.5, 0.6) is 0 Å². The highest BCUT2D eigenvalue weighted by Crippen LogP contribution is 2.38. The highest BCUT2D eigenvalue weighted by molar-refractivity contribution is 8.49. The van der Waals surface area contributed by atoms with Gasteiger partial charge in [-0.1, -0.05) is 27.7 Å². The summed E-state index contributed by atoms with van der Waals surface area (Å²) in [5.41, 5.74) is 0.254. The van der Waals surface area contributed by atoms with Gasteiger partial charge in [-0.05, 0) is 42.8 Å². The lowest BCUT2D eigenvalue weighted by Gasteiger charge is -2.40. The topological polar surface area (TPSA) is 9.23 Å². The van der Waals surface area contributed by atoms with Crippen molar-refractivity contribution in [3.63, 3.8) is 0 Å². The molecule has 0 aliphatic rings. The van der Waals surface area contributed by atoms with Gasteiger partial charge in [0.25, 0.3) is 0 Å². The highest BCUT2D eigenvalue weighted by Gasteiger charge is 2.34. The predicted molar refractivity (Wildman–Crippen MR) is 82.2 cm³/mol. The average molecular weight is 278 g/mol. The van der Waals surface area contributed by atoms with E-state index >= 15 is 0 Å². The molecule has 0 N–H and O–H groups in total. The molecule has 0 spiro atoms. The van der Waals surface area contributed by atoms with E-state index in [1.54, 1.807) is 0 Å². The van der Waals surface area contributed by atoms with E-state index in [0.29, 0.717) is 6.10 Å². The summed E-state index contributed by atoms with van der Waals surface area (Å²) in [5, 5.41) is 1.23. The third-order valence-electron chi connectivity index (χ3n) is 2.51. The summed E-state index contributed by atoms with van der Waals surface area (Å²) in [6.45, 7) is 13.7. The first-order valence-corrected chi connectivity index (χ1v) is 13.0. The third kappa shape index (κ3) is 7.14. The molecule has 1 unspecified atom stereocenters. The van der Waals surface area contributed by atoms with Gasteiger partial charge >= 0.3 is 0 Å². The summed E-state index contributed by atoms with van der Waals surface area (Å²) < 4.78 is 6.46. The summed E-state index contributed by atoms with van der Waals surface area (Å²) >= 11 is 0. The molecule has 97 valence electrons. The zero-order valence-electron chi connectivity index (χ0n) is 12.3. The Bertz CT molecular complexity index is 216. The maximum Gasteiger partial charge on any atom is 0.194 e. The molecule has 0 heterocycles. The van der Waals surface area contributed by atoms with Crippen LogP contribution < -0.4 is 0 Å². The van der Waals surface area contributed by atoms with Crippen LogP contribution in [0, 0.1) is 5.41 Å². The van der Waals surface area contributed by atoms with Crippen molar-refractivity contribution in [2.75, 3.05) is 17.9 Å². The molecule has 0 aliphatic carbocycles. The Morgan fingerprint density at radius 2 is 1.69 bits per heavy atom. The molecule has 1 atom stereocenters. The van der Waals surface area contributed by atoms with Gasteiger partial charge in [-0.3, -0.25) is 9.48 Å². The molecule has 1 nitrogen and oxygen atoms in total. The number of hydrogen-bond donors (Lipinski definition) is 0. The van der Waals surface area contributed by atoms with Crippen LogP contribution in [0.15, 0.2) is 0 Å². The molecule has 4 heteroatoms. The average Bonchev–Trinajstić information content (AvgIpc) is 1.93. The first-order chi connectivity index (χ1) is 6.87. The van der Waals surface area contributed by atoms with Crippen LogP contribution in [0.4, 0.5) is 0 Å². The molecule has 0 fully saturated rings. The Morgan fingerprint density at radius 3 is 1.94 bits per heavy atom. The Kier molecular flexibility index (Phi) is 5.85. The minimum Gasteiger partial charge on any atom is -0.413 e. The molecule has 0 aliphatic heterocycles. The molecule has 0 amide bonds. The Balaban J connectivity index is 4.56. The smallest absolute Gasteiger partial charge is 0.194 e. The van der Waals surface area contributed by atoms with Gasteiger partial charge in [0, 0.05) is 6.10 Å². The van der Waals surface area contributed by atoms with Crippen molar-refractivity contribution in [3.8, 4) is 0 Å². The molecule has 0 saturated carbocycles. The van der Waals surface area contributed by atoms with Gasteiger partial charge in [-0.25, -0.2) is 0 Å². The summed E-state index contributed by atoms with van der Waals surface area (Å²) in [4.78, 5) is 0. The lowest BCUT2D eigenvalue weighted by Crippen LogP contribution is -2.45. The molecule has 0 aromatic carbocycles. The van der Waals surface area contributed by atoms with Crippen molar-refractivity contribution >= 4 is 27.2 Å². The molecule has 0 bridgehead atoms. The second-order valence-corrected chi connectivity index (χ2v) is 18.1. The molecular weight excluding hydrogens is 248 g/mol. The molecule has 0 rings (SSSR count). The lowest BCUT2D eigenvalue weighted by molar-refractivity contribution is 0.0763. The Labute approximate surface area is 108 Å². The summed E-state index contributed by atoms with van der Waals surface area (Å²) in [6.07, 6.45) is 6.11. The monoisotopic (exact) mass is 277 g/mol. The second-order valence-electron chi connectivity index (χ2n) is 6.82. The molecular formula is C12H29OSSi2. The number of hydrogen-bond acceptors (Lipinski definition) is 1. The van der Waals surface area contributed by atoms with E-state index in [-0.39, 0.29) is 5.41 Å². The normalized spacial score (nSPS) is 17.3. The van der Waals surface area contributed by atoms with Crippen molar-refractivity contribution in [2.24, 2.45) is 5.41 Å². The minimum absolute atomic E-state index is 0.254. The van der Waals surface area contributed by atoms with Gasteiger partial charge in [-0.2, -0.15) is 0 Å². The lowest BCUT2D eigenvalue weighted by atomic mass is 9.88. The van der Waals surface area contributed by atoms with Crippen molar-refractivity contribution in [3.05, 3.63) is 0 Å². The fourth-order valence-corrected chi connectivity index (χ4v) is 13.8. The van der Waals surface area contributed by atoms with E-state index < -0.39 is 17.8 Å². The van der Waals surface area contributed by atoms with Crippen molar-refractivity contribution in [2.45, 2.75) is 53.3 Å². The van der Waals surface area contributed by atoms with Crippen molar-refractivity contribution in [1.29, 1.82) is 0 Å². The van der Waals surface area contributed by atoms with Gasteiger partial charge < -0.3 is 4.43 Å². The van der Waals surface area contributed by atoms with Gasteiger partial charge in [0.15, 0.2) is 8.32 Å². The molecule has 3 radical (unpaired) electrons. The zero-order valence-corrected chi connectivity index (χ0v) is 15.1. The van der Waals surface area contributed by atoms with Crippen LogP contribution in [0.1, 0.15) is 34.1 Å². The predicted octanol–water partition coefficient (Wildman–Crippen LogP) is 3.72. The van der Waals surface area contributed by atoms with Crippen LogP contribution in [0.25, 0.3) is 0 Å². The van der Waals surface area contributed by atoms with E-state index in [2.05, 4.69) is 62.7 Å². The van der Waals surface area contributed by atoms with Crippen LogP contribution in [-0.4, -0.2) is 41.7 Å². The summed E-state index contributed by atoms with van der Waals surface area (Å²) in [5.74, 6) is 0. The summed E-state index contributed by atoms with van der Waals surface area (Å²) in [6, 6.07) is 0. The fraction of sp³-hybridized carbons (Fsp3) is 1.00.